The molecule has 0 saturated heterocycles. The van der Waals surface area contributed by atoms with Crippen LogP contribution in [-0.4, -0.2) is 11.8 Å². The van der Waals surface area contributed by atoms with E-state index < -0.39 is 5.91 Å². The van der Waals surface area contributed by atoms with Gasteiger partial charge in [-0.25, -0.2) is 0 Å². The number of ether oxygens (including phenoxy) is 2. The van der Waals surface area contributed by atoms with Gasteiger partial charge in [0.05, 0.1) is 5.56 Å². The van der Waals surface area contributed by atoms with Gasteiger partial charge in [-0.05, 0) is 41.5 Å². The molecule has 35 heavy (non-hydrogen) atoms. The molecule has 0 aliphatic rings. The van der Waals surface area contributed by atoms with Crippen molar-refractivity contribution in [1.82, 2.24) is 5.32 Å². The molecular formula is C29H26N2O4. The Morgan fingerprint density at radius 3 is 2.11 bits per heavy atom. The molecule has 4 aromatic carbocycles. The lowest BCUT2D eigenvalue weighted by Crippen LogP contribution is -2.23. The third-order valence-electron chi connectivity index (χ3n) is 5.39. The summed E-state index contributed by atoms with van der Waals surface area (Å²) in [6, 6.07) is 31.5. The minimum absolute atomic E-state index is 0.196. The molecule has 176 valence electrons. The number of hydrogen-bond acceptors (Lipinski definition) is 4. The summed E-state index contributed by atoms with van der Waals surface area (Å²) in [5.74, 6) is 0.373. The quantitative estimate of drug-likeness (QED) is 0.349. The standard InChI is InChI=1S/C29H26N2O4/c30-28(32)25-14-5-7-16-27(25)35-20-22-11-8-13-23(17-22)29(33)31-18-24-12-4-6-15-26(24)34-19-21-9-2-1-3-10-21/h1-17H,18-20H2,(H2,30,32)(H,31,33). The van der Waals surface area contributed by atoms with Crippen LogP contribution in [0, 0.1) is 0 Å². The van der Waals surface area contributed by atoms with Crippen molar-refractivity contribution in [2.45, 2.75) is 19.8 Å². The molecule has 0 aliphatic heterocycles. The summed E-state index contributed by atoms with van der Waals surface area (Å²) in [6.45, 7) is 0.977. The molecule has 3 N–H and O–H groups in total. The van der Waals surface area contributed by atoms with Crippen molar-refractivity contribution in [2.75, 3.05) is 0 Å². The van der Waals surface area contributed by atoms with E-state index >= 15 is 0 Å². The zero-order valence-corrected chi connectivity index (χ0v) is 19.1. The topological polar surface area (TPSA) is 90.7 Å². The molecular weight excluding hydrogens is 440 g/mol. The number of amides is 2. The van der Waals surface area contributed by atoms with E-state index in [0.717, 1.165) is 22.4 Å². The van der Waals surface area contributed by atoms with E-state index in [1.807, 2.05) is 60.7 Å². The highest BCUT2D eigenvalue weighted by Crippen LogP contribution is 2.21. The van der Waals surface area contributed by atoms with Gasteiger partial charge in [0.15, 0.2) is 0 Å². The molecule has 0 spiro atoms. The number of nitrogens with two attached hydrogens (primary N) is 1. The Labute approximate surface area is 204 Å². The second kappa shape index (κ2) is 11.5. The van der Waals surface area contributed by atoms with Crippen LogP contribution in [0.5, 0.6) is 11.5 Å². The van der Waals surface area contributed by atoms with Crippen molar-refractivity contribution >= 4 is 11.8 Å². The summed E-state index contributed by atoms with van der Waals surface area (Å²) in [5, 5.41) is 2.96. The zero-order chi connectivity index (χ0) is 24.5. The molecule has 0 unspecified atom stereocenters. The highest BCUT2D eigenvalue weighted by atomic mass is 16.5. The van der Waals surface area contributed by atoms with Crippen LogP contribution in [0.2, 0.25) is 0 Å². The molecule has 6 heteroatoms. The Morgan fingerprint density at radius 2 is 1.31 bits per heavy atom. The maximum absolute atomic E-state index is 12.8. The van der Waals surface area contributed by atoms with E-state index in [1.165, 1.54) is 0 Å². The smallest absolute Gasteiger partial charge is 0.252 e. The maximum Gasteiger partial charge on any atom is 0.252 e. The summed E-state index contributed by atoms with van der Waals surface area (Å²) in [6.07, 6.45) is 0. The summed E-state index contributed by atoms with van der Waals surface area (Å²) in [7, 11) is 0. The average molecular weight is 467 g/mol. The Morgan fingerprint density at radius 1 is 0.686 bits per heavy atom. The number of rotatable bonds is 10. The van der Waals surface area contributed by atoms with Gasteiger partial charge in [0.2, 0.25) is 0 Å². The van der Waals surface area contributed by atoms with E-state index in [4.69, 9.17) is 15.2 Å². The van der Waals surface area contributed by atoms with Gasteiger partial charge < -0.3 is 20.5 Å². The number of benzene rings is 4. The number of carbonyl (C=O) groups excluding carboxylic acids is 2. The number of para-hydroxylation sites is 2. The SMILES string of the molecule is NC(=O)c1ccccc1OCc1cccc(C(=O)NCc2ccccc2OCc2ccccc2)c1. The third kappa shape index (κ3) is 6.48. The average Bonchev–Trinajstić information content (AvgIpc) is 2.90. The molecule has 0 aliphatic carbocycles. The normalized spacial score (nSPS) is 10.4. The lowest BCUT2D eigenvalue weighted by atomic mass is 10.1. The Hall–Kier alpha value is -4.58. The lowest BCUT2D eigenvalue weighted by Gasteiger charge is -2.13. The van der Waals surface area contributed by atoms with E-state index in [-0.39, 0.29) is 12.5 Å². The van der Waals surface area contributed by atoms with Gasteiger partial charge in [0.25, 0.3) is 11.8 Å². The first-order valence-electron chi connectivity index (χ1n) is 11.2. The number of carbonyl (C=O) groups is 2. The van der Waals surface area contributed by atoms with Crippen LogP contribution in [-0.2, 0) is 19.8 Å². The molecule has 4 aromatic rings. The summed E-state index contributed by atoms with van der Waals surface area (Å²) in [5.41, 5.74) is 8.99. The van der Waals surface area contributed by atoms with Gasteiger partial charge in [0, 0.05) is 17.7 Å². The molecule has 0 bridgehead atoms. The molecule has 0 saturated carbocycles. The Balaban J connectivity index is 1.36. The van der Waals surface area contributed by atoms with Gasteiger partial charge in [-0.15, -0.1) is 0 Å². The highest BCUT2D eigenvalue weighted by Gasteiger charge is 2.11. The molecule has 0 fully saturated rings. The predicted molar refractivity (Wildman–Crippen MR) is 134 cm³/mol. The zero-order valence-electron chi connectivity index (χ0n) is 19.1. The van der Waals surface area contributed by atoms with Crippen LogP contribution in [0.4, 0.5) is 0 Å². The van der Waals surface area contributed by atoms with Gasteiger partial charge >= 0.3 is 0 Å². The fourth-order valence-electron chi connectivity index (χ4n) is 3.56. The van der Waals surface area contributed by atoms with Crippen LogP contribution in [0.3, 0.4) is 0 Å². The van der Waals surface area contributed by atoms with Gasteiger partial charge in [-0.3, -0.25) is 9.59 Å². The first-order valence-corrected chi connectivity index (χ1v) is 11.2. The van der Waals surface area contributed by atoms with Crippen LogP contribution in [0.25, 0.3) is 0 Å². The first-order chi connectivity index (χ1) is 17.1. The van der Waals surface area contributed by atoms with E-state index in [2.05, 4.69) is 5.32 Å². The van der Waals surface area contributed by atoms with Crippen LogP contribution < -0.4 is 20.5 Å². The molecule has 4 rings (SSSR count). The first kappa shape index (κ1) is 23.6. The molecule has 6 nitrogen and oxygen atoms in total. The second-order valence-electron chi connectivity index (χ2n) is 7.91. The van der Waals surface area contributed by atoms with Crippen molar-refractivity contribution in [1.29, 1.82) is 0 Å². The number of primary amides is 1. The maximum atomic E-state index is 12.8. The Kier molecular flexibility index (Phi) is 7.76. The second-order valence-corrected chi connectivity index (χ2v) is 7.91. The minimum atomic E-state index is -0.554. The van der Waals surface area contributed by atoms with Crippen molar-refractivity contribution < 1.29 is 19.1 Å². The minimum Gasteiger partial charge on any atom is -0.489 e. The van der Waals surface area contributed by atoms with Crippen molar-refractivity contribution in [3.05, 3.63) is 131 Å². The van der Waals surface area contributed by atoms with Crippen LogP contribution in [0.1, 0.15) is 37.4 Å². The summed E-state index contributed by atoms with van der Waals surface area (Å²) < 4.78 is 11.8. The molecule has 2 amide bonds. The fraction of sp³-hybridized carbons (Fsp3) is 0.103. The molecule has 0 radical (unpaired) electrons. The van der Waals surface area contributed by atoms with Gasteiger partial charge in [-0.1, -0.05) is 72.8 Å². The molecule has 0 heterocycles. The van der Waals surface area contributed by atoms with E-state index in [9.17, 15) is 9.59 Å². The van der Waals surface area contributed by atoms with Crippen LogP contribution in [0.15, 0.2) is 103 Å². The van der Waals surface area contributed by atoms with Crippen LogP contribution >= 0.6 is 0 Å². The van der Waals surface area contributed by atoms with Crippen molar-refractivity contribution in [2.24, 2.45) is 5.73 Å². The van der Waals surface area contributed by atoms with Gasteiger partial charge in [0.1, 0.15) is 24.7 Å². The van der Waals surface area contributed by atoms with Gasteiger partial charge in [-0.2, -0.15) is 0 Å². The monoisotopic (exact) mass is 466 g/mol. The molecule has 0 atom stereocenters. The predicted octanol–water partition coefficient (Wildman–Crippen LogP) is 4.87. The Bertz CT molecular complexity index is 1300. The molecule has 0 aromatic heterocycles. The van der Waals surface area contributed by atoms with Crippen molar-refractivity contribution in [3.8, 4) is 11.5 Å². The largest absolute Gasteiger partial charge is 0.489 e. The van der Waals surface area contributed by atoms with E-state index in [0.29, 0.717) is 30.0 Å². The number of nitrogens with one attached hydrogen (secondary N) is 1. The summed E-state index contributed by atoms with van der Waals surface area (Å²) >= 11 is 0. The summed E-state index contributed by atoms with van der Waals surface area (Å²) in [4.78, 5) is 24.4. The highest BCUT2D eigenvalue weighted by molar-refractivity contribution is 5.95. The fourth-order valence-corrected chi connectivity index (χ4v) is 3.56. The lowest BCUT2D eigenvalue weighted by molar-refractivity contribution is 0.0949. The van der Waals surface area contributed by atoms with E-state index in [1.54, 1.807) is 42.5 Å². The third-order valence-corrected chi connectivity index (χ3v) is 5.39. The van der Waals surface area contributed by atoms with Crippen molar-refractivity contribution in [3.63, 3.8) is 0 Å². The number of hydrogen-bond donors (Lipinski definition) is 2.